The summed E-state index contributed by atoms with van der Waals surface area (Å²) in [4.78, 5) is 13.6. The lowest BCUT2D eigenvalue weighted by molar-refractivity contribution is -0.414. The second-order valence-corrected chi connectivity index (χ2v) is 2.39. The molecule has 0 aromatic carbocycles. The molecule has 5 heteroatoms. The number of nitrogens with one attached hydrogen (secondary N) is 1. The molecule has 0 saturated heterocycles. The second-order valence-electron chi connectivity index (χ2n) is 2.39. The van der Waals surface area contributed by atoms with Crippen molar-refractivity contribution < 1.29 is 4.92 Å². The standard InChI is InChI=1S/C6H9N3O2/c1-5-2-7-3-6(4-8-5)9(10)11/h3-5,8H,2H2,1H3. The summed E-state index contributed by atoms with van der Waals surface area (Å²) in [6.07, 6.45) is 2.65. The predicted octanol–water partition coefficient (Wildman–Crippen LogP) is 0.167. The normalized spacial score (nSPS) is 23.4. The van der Waals surface area contributed by atoms with Gasteiger partial charge in [0.2, 0.25) is 0 Å². The first kappa shape index (κ1) is 7.71. The molecule has 0 spiro atoms. The van der Waals surface area contributed by atoms with Crippen molar-refractivity contribution in [2.75, 3.05) is 6.54 Å². The molecule has 0 aliphatic carbocycles. The molecule has 0 radical (unpaired) electrons. The van der Waals surface area contributed by atoms with Crippen LogP contribution in [0.1, 0.15) is 6.92 Å². The number of allylic oxidation sites excluding steroid dienone is 1. The second kappa shape index (κ2) is 3.14. The monoisotopic (exact) mass is 155 g/mol. The van der Waals surface area contributed by atoms with Gasteiger partial charge < -0.3 is 5.32 Å². The average molecular weight is 155 g/mol. The fourth-order valence-electron chi connectivity index (χ4n) is 0.722. The molecule has 0 bridgehead atoms. The SMILES string of the molecule is CC1CN=CC([N+](=O)[O-])=CN1. The Balaban J connectivity index is 2.72. The minimum atomic E-state index is -0.464. The molecular weight excluding hydrogens is 146 g/mol. The Labute approximate surface area is 64.0 Å². The van der Waals surface area contributed by atoms with Gasteiger partial charge in [0.05, 0.1) is 17.7 Å². The number of aliphatic imine (C=N–C) groups is 1. The van der Waals surface area contributed by atoms with Crippen LogP contribution >= 0.6 is 0 Å². The van der Waals surface area contributed by atoms with Crippen molar-refractivity contribution in [1.29, 1.82) is 0 Å². The van der Waals surface area contributed by atoms with Gasteiger partial charge in [0, 0.05) is 6.04 Å². The summed E-state index contributed by atoms with van der Waals surface area (Å²) in [5, 5.41) is 13.1. The fraction of sp³-hybridized carbons (Fsp3) is 0.500. The first-order valence-corrected chi connectivity index (χ1v) is 3.30. The van der Waals surface area contributed by atoms with E-state index in [1.54, 1.807) is 0 Å². The number of rotatable bonds is 1. The van der Waals surface area contributed by atoms with Crippen molar-refractivity contribution in [2.45, 2.75) is 13.0 Å². The van der Waals surface area contributed by atoms with E-state index in [1.165, 1.54) is 12.4 Å². The molecule has 0 aromatic rings. The van der Waals surface area contributed by atoms with E-state index in [9.17, 15) is 10.1 Å². The first-order chi connectivity index (χ1) is 5.20. The van der Waals surface area contributed by atoms with Gasteiger partial charge in [-0.05, 0) is 6.92 Å². The number of hydrogen-bond acceptors (Lipinski definition) is 4. The van der Waals surface area contributed by atoms with Crippen molar-refractivity contribution in [2.24, 2.45) is 4.99 Å². The van der Waals surface area contributed by atoms with E-state index in [2.05, 4.69) is 10.3 Å². The molecule has 5 nitrogen and oxygen atoms in total. The Kier molecular flexibility index (Phi) is 2.20. The largest absolute Gasteiger partial charge is 0.381 e. The summed E-state index contributed by atoms with van der Waals surface area (Å²) in [5.41, 5.74) is 0.00866. The van der Waals surface area contributed by atoms with Crippen LogP contribution in [0.25, 0.3) is 0 Å². The Morgan fingerprint density at radius 1 is 1.91 bits per heavy atom. The van der Waals surface area contributed by atoms with E-state index in [0.29, 0.717) is 6.54 Å². The lowest BCUT2D eigenvalue weighted by atomic mass is 10.3. The van der Waals surface area contributed by atoms with Crippen molar-refractivity contribution >= 4 is 6.21 Å². The van der Waals surface area contributed by atoms with Gasteiger partial charge in [-0.15, -0.1) is 0 Å². The van der Waals surface area contributed by atoms with E-state index >= 15 is 0 Å². The summed E-state index contributed by atoms with van der Waals surface area (Å²) >= 11 is 0. The maximum atomic E-state index is 10.2. The molecule has 1 atom stereocenters. The van der Waals surface area contributed by atoms with Crippen LogP contribution in [0.3, 0.4) is 0 Å². The Morgan fingerprint density at radius 2 is 2.64 bits per heavy atom. The van der Waals surface area contributed by atoms with E-state index in [1.807, 2.05) is 6.92 Å². The molecule has 0 fully saturated rings. The van der Waals surface area contributed by atoms with E-state index in [0.717, 1.165) is 0 Å². The van der Waals surface area contributed by atoms with E-state index in [4.69, 9.17) is 0 Å². The molecular formula is C6H9N3O2. The Hall–Kier alpha value is -1.39. The molecule has 60 valence electrons. The topological polar surface area (TPSA) is 67.5 Å². The molecule has 0 amide bonds. The zero-order chi connectivity index (χ0) is 8.27. The number of nitro groups is 1. The van der Waals surface area contributed by atoms with Gasteiger partial charge in [-0.2, -0.15) is 0 Å². The zero-order valence-electron chi connectivity index (χ0n) is 6.15. The van der Waals surface area contributed by atoms with E-state index < -0.39 is 4.92 Å². The molecule has 1 rings (SSSR count). The minimum absolute atomic E-state index is 0.00866. The van der Waals surface area contributed by atoms with Crippen LogP contribution in [-0.2, 0) is 0 Å². The molecule has 1 unspecified atom stereocenters. The third kappa shape index (κ3) is 2.03. The Morgan fingerprint density at radius 3 is 3.27 bits per heavy atom. The first-order valence-electron chi connectivity index (χ1n) is 3.30. The lowest BCUT2D eigenvalue weighted by Gasteiger charge is -2.03. The fourth-order valence-corrected chi connectivity index (χ4v) is 0.722. The summed E-state index contributed by atoms with van der Waals surface area (Å²) < 4.78 is 0. The highest BCUT2D eigenvalue weighted by Crippen LogP contribution is 1.95. The van der Waals surface area contributed by atoms with Crippen LogP contribution in [0.2, 0.25) is 0 Å². The summed E-state index contributed by atoms with van der Waals surface area (Å²) in [5.74, 6) is 0. The van der Waals surface area contributed by atoms with Crippen LogP contribution in [0.4, 0.5) is 0 Å². The van der Waals surface area contributed by atoms with Crippen LogP contribution in [0.15, 0.2) is 16.9 Å². The minimum Gasteiger partial charge on any atom is -0.381 e. The van der Waals surface area contributed by atoms with Crippen molar-refractivity contribution in [1.82, 2.24) is 5.32 Å². The summed E-state index contributed by atoms with van der Waals surface area (Å²) in [6.45, 7) is 2.49. The quantitative estimate of drug-likeness (QED) is 0.433. The van der Waals surface area contributed by atoms with Crippen LogP contribution in [0.5, 0.6) is 0 Å². The predicted molar refractivity (Wildman–Crippen MR) is 41.0 cm³/mol. The van der Waals surface area contributed by atoms with Gasteiger partial charge in [-0.25, -0.2) is 0 Å². The molecule has 0 aromatic heterocycles. The maximum Gasteiger partial charge on any atom is 0.302 e. The molecule has 1 aliphatic rings. The van der Waals surface area contributed by atoms with Crippen molar-refractivity contribution in [3.63, 3.8) is 0 Å². The van der Waals surface area contributed by atoms with Gasteiger partial charge in [-0.1, -0.05) is 0 Å². The highest BCUT2D eigenvalue weighted by molar-refractivity contribution is 5.75. The third-order valence-corrected chi connectivity index (χ3v) is 1.33. The molecule has 1 aliphatic heterocycles. The van der Waals surface area contributed by atoms with Crippen LogP contribution in [-0.4, -0.2) is 23.7 Å². The molecule has 0 saturated carbocycles. The van der Waals surface area contributed by atoms with Crippen molar-refractivity contribution in [3.05, 3.63) is 22.0 Å². The van der Waals surface area contributed by atoms with Gasteiger partial charge in [0.15, 0.2) is 0 Å². The molecule has 11 heavy (non-hydrogen) atoms. The third-order valence-electron chi connectivity index (χ3n) is 1.33. The van der Waals surface area contributed by atoms with E-state index in [-0.39, 0.29) is 11.7 Å². The maximum absolute atomic E-state index is 10.2. The number of hydrogen-bond donors (Lipinski definition) is 1. The van der Waals surface area contributed by atoms with Crippen LogP contribution in [0, 0.1) is 10.1 Å². The van der Waals surface area contributed by atoms with Gasteiger partial charge in [0.25, 0.3) is 0 Å². The van der Waals surface area contributed by atoms with Gasteiger partial charge >= 0.3 is 5.70 Å². The molecule has 1 N–H and O–H groups in total. The summed E-state index contributed by atoms with van der Waals surface area (Å²) in [7, 11) is 0. The number of nitrogens with zero attached hydrogens (tertiary/aromatic N) is 2. The van der Waals surface area contributed by atoms with Crippen molar-refractivity contribution in [3.8, 4) is 0 Å². The smallest absolute Gasteiger partial charge is 0.302 e. The highest BCUT2D eigenvalue weighted by atomic mass is 16.6. The zero-order valence-corrected chi connectivity index (χ0v) is 6.15. The van der Waals surface area contributed by atoms with Crippen LogP contribution < -0.4 is 5.32 Å². The summed E-state index contributed by atoms with van der Waals surface area (Å²) in [6, 6.07) is 0.170. The van der Waals surface area contributed by atoms with Gasteiger partial charge in [-0.3, -0.25) is 15.1 Å². The van der Waals surface area contributed by atoms with Gasteiger partial charge in [0.1, 0.15) is 6.21 Å². The highest BCUT2D eigenvalue weighted by Gasteiger charge is 2.10. The Bertz CT molecular complexity index is 222. The molecule has 1 heterocycles. The average Bonchev–Trinajstić information content (AvgIpc) is 2.13. The lowest BCUT2D eigenvalue weighted by Crippen LogP contribution is -2.22.